The minimum atomic E-state index is -0.241. The van der Waals surface area contributed by atoms with Crippen LogP contribution in [0.1, 0.15) is 31.7 Å². The Bertz CT molecular complexity index is 296. The molecule has 0 saturated carbocycles. The molecule has 14 heavy (non-hydrogen) atoms. The van der Waals surface area contributed by atoms with E-state index in [0.29, 0.717) is 6.61 Å². The molecule has 0 aliphatic heterocycles. The third-order valence-electron chi connectivity index (χ3n) is 1.93. The molecule has 0 aliphatic carbocycles. The number of rotatable bonds is 5. The van der Waals surface area contributed by atoms with E-state index in [4.69, 9.17) is 4.74 Å². The lowest BCUT2D eigenvalue weighted by molar-refractivity contribution is 0.350. The van der Waals surface area contributed by atoms with E-state index in [-0.39, 0.29) is 12.0 Å². The van der Waals surface area contributed by atoms with Crippen LogP contribution in [0.15, 0.2) is 17.3 Å². The normalized spacial score (nSPS) is 12.9. The number of ether oxygens (including phenoxy) is 1. The summed E-state index contributed by atoms with van der Waals surface area (Å²) in [6.45, 7) is 6.58. The molecule has 0 aliphatic rings. The fraction of sp³-hybridized carbons (Fsp3) is 0.600. The maximum atomic E-state index is 10.6. The summed E-state index contributed by atoms with van der Waals surface area (Å²) < 4.78 is 5.34. The zero-order valence-electron chi connectivity index (χ0n) is 8.69. The van der Waals surface area contributed by atoms with Crippen LogP contribution in [0, 0.1) is 10.8 Å². The van der Waals surface area contributed by atoms with Gasteiger partial charge >= 0.3 is 0 Å². The molecule has 1 aromatic heterocycles. The Labute approximate surface area is 88.1 Å². The summed E-state index contributed by atoms with van der Waals surface area (Å²) >= 11 is 1.50. The van der Waals surface area contributed by atoms with Gasteiger partial charge in [-0.25, -0.2) is 0 Å². The van der Waals surface area contributed by atoms with E-state index in [9.17, 15) is 4.91 Å². The van der Waals surface area contributed by atoms with Crippen molar-refractivity contribution in [2.45, 2.75) is 26.8 Å². The van der Waals surface area contributed by atoms with Crippen molar-refractivity contribution >= 4 is 11.3 Å². The first kappa shape index (κ1) is 11.2. The Morgan fingerprint density at radius 3 is 2.71 bits per heavy atom. The second-order valence-corrected chi connectivity index (χ2v) is 4.46. The third kappa shape index (κ3) is 2.54. The van der Waals surface area contributed by atoms with Crippen LogP contribution in [-0.4, -0.2) is 6.61 Å². The minimum absolute atomic E-state index is 0.237. The van der Waals surface area contributed by atoms with Gasteiger partial charge in [-0.05, 0) is 25.0 Å². The van der Waals surface area contributed by atoms with Gasteiger partial charge in [-0.3, -0.25) is 0 Å². The zero-order chi connectivity index (χ0) is 10.6. The Balaban J connectivity index is 2.78. The lowest BCUT2D eigenvalue weighted by atomic mass is 10.0. The van der Waals surface area contributed by atoms with Crippen molar-refractivity contribution in [2.75, 3.05) is 6.61 Å². The van der Waals surface area contributed by atoms with Gasteiger partial charge in [0, 0.05) is 4.88 Å². The van der Waals surface area contributed by atoms with Gasteiger partial charge in [0.05, 0.1) is 6.61 Å². The summed E-state index contributed by atoms with van der Waals surface area (Å²) in [5, 5.41) is 3.99. The highest BCUT2D eigenvalue weighted by molar-refractivity contribution is 7.13. The van der Waals surface area contributed by atoms with Gasteiger partial charge < -0.3 is 4.74 Å². The van der Waals surface area contributed by atoms with Gasteiger partial charge in [-0.1, -0.05) is 19.0 Å². The van der Waals surface area contributed by atoms with Gasteiger partial charge in [-0.15, -0.1) is 11.3 Å². The third-order valence-corrected chi connectivity index (χ3v) is 2.99. The van der Waals surface area contributed by atoms with Crippen molar-refractivity contribution in [3.8, 4) is 5.06 Å². The lowest BCUT2D eigenvalue weighted by Crippen LogP contribution is -2.00. The summed E-state index contributed by atoms with van der Waals surface area (Å²) in [4.78, 5) is 11.6. The van der Waals surface area contributed by atoms with E-state index < -0.39 is 0 Å². The van der Waals surface area contributed by atoms with Crippen LogP contribution < -0.4 is 4.74 Å². The Morgan fingerprint density at radius 1 is 1.50 bits per heavy atom. The standard InChI is InChI=1S/C10H15NO2S/c1-4-13-9-6-5-8(14-9)10(11-12)7(2)3/h5-7,10H,4H2,1-3H3. The number of hydrogen-bond acceptors (Lipinski definition) is 4. The molecule has 4 heteroatoms. The average molecular weight is 213 g/mol. The highest BCUT2D eigenvalue weighted by Gasteiger charge is 2.18. The van der Waals surface area contributed by atoms with E-state index in [1.165, 1.54) is 11.3 Å². The molecule has 0 radical (unpaired) electrons. The SMILES string of the molecule is CCOc1ccc(C(N=O)C(C)C)s1. The summed E-state index contributed by atoms with van der Waals surface area (Å²) in [7, 11) is 0. The second-order valence-electron chi connectivity index (χ2n) is 3.38. The van der Waals surface area contributed by atoms with Gasteiger partial charge in [0.15, 0.2) is 5.06 Å². The summed E-state index contributed by atoms with van der Waals surface area (Å²) in [5.41, 5.74) is 0. The van der Waals surface area contributed by atoms with Crippen molar-refractivity contribution in [1.29, 1.82) is 0 Å². The van der Waals surface area contributed by atoms with E-state index in [0.717, 1.165) is 9.94 Å². The lowest BCUT2D eigenvalue weighted by Gasteiger charge is -2.09. The molecular formula is C10H15NO2S. The predicted molar refractivity (Wildman–Crippen MR) is 58.9 cm³/mol. The molecule has 78 valence electrons. The van der Waals surface area contributed by atoms with Gasteiger partial charge in [-0.2, -0.15) is 4.91 Å². The van der Waals surface area contributed by atoms with Gasteiger partial charge in [0.1, 0.15) is 6.04 Å². The molecule has 3 nitrogen and oxygen atoms in total. The summed E-state index contributed by atoms with van der Waals surface area (Å²) in [6, 6.07) is 3.57. The predicted octanol–water partition coefficient (Wildman–Crippen LogP) is 3.61. The largest absolute Gasteiger partial charge is 0.484 e. The Hall–Kier alpha value is -0.900. The monoisotopic (exact) mass is 213 g/mol. The number of hydrogen-bond donors (Lipinski definition) is 0. The topological polar surface area (TPSA) is 38.7 Å². The second kappa shape index (κ2) is 5.10. The zero-order valence-corrected chi connectivity index (χ0v) is 9.50. The number of thiophene rings is 1. The number of nitroso groups, excluding NO2 is 1. The number of nitrogens with zero attached hydrogens (tertiary/aromatic N) is 1. The molecule has 0 aromatic carbocycles. The molecule has 0 saturated heterocycles. The van der Waals surface area contributed by atoms with Gasteiger partial charge in [0.2, 0.25) is 0 Å². The first-order valence-electron chi connectivity index (χ1n) is 4.74. The van der Waals surface area contributed by atoms with Crippen LogP contribution in [-0.2, 0) is 0 Å². The smallest absolute Gasteiger partial charge is 0.174 e. The van der Waals surface area contributed by atoms with Crippen molar-refractivity contribution < 1.29 is 4.74 Å². The molecule has 1 heterocycles. The first-order chi connectivity index (χ1) is 6.69. The van der Waals surface area contributed by atoms with Crippen molar-refractivity contribution in [3.05, 3.63) is 21.9 Å². The molecule has 0 spiro atoms. The molecule has 1 unspecified atom stereocenters. The molecule has 0 N–H and O–H groups in total. The minimum Gasteiger partial charge on any atom is -0.484 e. The molecule has 1 atom stereocenters. The van der Waals surface area contributed by atoms with Crippen LogP contribution >= 0.6 is 11.3 Å². The van der Waals surface area contributed by atoms with Crippen LogP contribution in [0.5, 0.6) is 5.06 Å². The van der Waals surface area contributed by atoms with Crippen LogP contribution in [0.25, 0.3) is 0 Å². The van der Waals surface area contributed by atoms with Crippen LogP contribution in [0.3, 0.4) is 0 Å². The summed E-state index contributed by atoms with van der Waals surface area (Å²) in [6.07, 6.45) is 0. The quantitative estimate of drug-likeness (QED) is 0.701. The van der Waals surface area contributed by atoms with Crippen molar-refractivity contribution in [2.24, 2.45) is 11.1 Å². The summed E-state index contributed by atoms with van der Waals surface area (Å²) in [5.74, 6) is 0.237. The molecular weight excluding hydrogens is 198 g/mol. The Morgan fingerprint density at radius 2 is 2.21 bits per heavy atom. The maximum absolute atomic E-state index is 10.6. The van der Waals surface area contributed by atoms with E-state index in [1.807, 2.05) is 32.9 Å². The van der Waals surface area contributed by atoms with Crippen LogP contribution in [0.2, 0.25) is 0 Å². The molecule has 0 bridgehead atoms. The van der Waals surface area contributed by atoms with Crippen molar-refractivity contribution in [1.82, 2.24) is 0 Å². The highest BCUT2D eigenvalue weighted by Crippen LogP contribution is 2.34. The van der Waals surface area contributed by atoms with E-state index >= 15 is 0 Å². The Kier molecular flexibility index (Phi) is 4.07. The van der Waals surface area contributed by atoms with E-state index in [2.05, 4.69) is 5.18 Å². The fourth-order valence-corrected chi connectivity index (χ4v) is 2.33. The van der Waals surface area contributed by atoms with Gasteiger partial charge in [0.25, 0.3) is 0 Å². The first-order valence-corrected chi connectivity index (χ1v) is 5.55. The average Bonchev–Trinajstić information content (AvgIpc) is 2.54. The van der Waals surface area contributed by atoms with Crippen LogP contribution in [0.4, 0.5) is 0 Å². The van der Waals surface area contributed by atoms with E-state index in [1.54, 1.807) is 0 Å². The molecule has 1 aromatic rings. The highest BCUT2D eigenvalue weighted by atomic mass is 32.1. The maximum Gasteiger partial charge on any atom is 0.174 e. The fourth-order valence-electron chi connectivity index (χ4n) is 1.22. The molecule has 0 fully saturated rings. The molecule has 1 rings (SSSR count). The molecule has 0 amide bonds. The van der Waals surface area contributed by atoms with Crippen molar-refractivity contribution in [3.63, 3.8) is 0 Å².